The average molecular weight is 301 g/mol. The van der Waals surface area contributed by atoms with Crippen LogP contribution in [-0.2, 0) is 4.79 Å². The molecule has 1 N–H and O–H groups in total. The molecule has 1 aliphatic heterocycles. The summed E-state index contributed by atoms with van der Waals surface area (Å²) in [6.45, 7) is 9.57. The van der Waals surface area contributed by atoms with E-state index < -0.39 is 0 Å². The van der Waals surface area contributed by atoms with Crippen molar-refractivity contribution in [3.63, 3.8) is 0 Å². The number of nitrogens with zero attached hydrogens (tertiary/aromatic N) is 2. The molecule has 0 aromatic heterocycles. The lowest BCUT2D eigenvalue weighted by molar-refractivity contribution is -0.126. The van der Waals surface area contributed by atoms with Gasteiger partial charge in [-0.05, 0) is 19.4 Å². The number of hydrogen-bond donors (Lipinski definition) is 1. The Morgan fingerprint density at radius 2 is 1.91 bits per heavy atom. The highest BCUT2D eigenvalue weighted by Gasteiger charge is 2.24. The van der Waals surface area contributed by atoms with E-state index >= 15 is 0 Å². The summed E-state index contributed by atoms with van der Waals surface area (Å²) in [6.07, 6.45) is 4.39. The van der Waals surface area contributed by atoms with Gasteiger partial charge in [0.15, 0.2) is 0 Å². The maximum atomic E-state index is 11.9. The Morgan fingerprint density at radius 1 is 1.23 bits per heavy atom. The summed E-state index contributed by atoms with van der Waals surface area (Å²) in [7, 11) is 0. The summed E-state index contributed by atoms with van der Waals surface area (Å²) in [6, 6.07) is 10.3. The molecule has 4 nitrogen and oxygen atoms in total. The first kappa shape index (κ1) is 16.7. The molecule has 1 aliphatic rings. The number of benzene rings is 1. The second-order valence-corrected chi connectivity index (χ2v) is 5.72. The van der Waals surface area contributed by atoms with Crippen LogP contribution >= 0.6 is 0 Å². The van der Waals surface area contributed by atoms with E-state index in [-0.39, 0.29) is 11.9 Å². The molecular formula is C18H27N3O. The Labute approximate surface area is 133 Å². The Kier molecular flexibility index (Phi) is 6.62. The normalized spacial score (nSPS) is 18.5. The van der Waals surface area contributed by atoms with Crippen LogP contribution in [0.4, 0.5) is 0 Å². The van der Waals surface area contributed by atoms with E-state index in [4.69, 9.17) is 0 Å². The fourth-order valence-electron chi connectivity index (χ4n) is 2.72. The predicted octanol–water partition coefficient (Wildman–Crippen LogP) is 1.84. The van der Waals surface area contributed by atoms with E-state index in [1.807, 2.05) is 19.9 Å². The van der Waals surface area contributed by atoms with Crippen LogP contribution < -0.4 is 5.32 Å². The second-order valence-electron chi connectivity index (χ2n) is 5.72. The number of amides is 1. The van der Waals surface area contributed by atoms with Crippen LogP contribution in [0.1, 0.15) is 19.4 Å². The summed E-state index contributed by atoms with van der Waals surface area (Å²) in [5, 5.41) is 2.90. The monoisotopic (exact) mass is 301 g/mol. The number of nitrogens with one attached hydrogen (secondary N) is 1. The van der Waals surface area contributed by atoms with Crippen LogP contribution in [0.25, 0.3) is 6.08 Å². The van der Waals surface area contributed by atoms with Crippen molar-refractivity contribution in [3.8, 4) is 0 Å². The van der Waals surface area contributed by atoms with Crippen molar-refractivity contribution in [2.24, 2.45) is 0 Å². The molecule has 0 bridgehead atoms. The summed E-state index contributed by atoms with van der Waals surface area (Å²) in [5.74, 6) is 0.139. The molecule has 0 aliphatic carbocycles. The predicted molar refractivity (Wildman–Crippen MR) is 91.6 cm³/mol. The molecule has 2 rings (SSSR count). The van der Waals surface area contributed by atoms with Crippen molar-refractivity contribution in [3.05, 3.63) is 42.0 Å². The third-order valence-electron chi connectivity index (χ3n) is 4.16. The van der Waals surface area contributed by atoms with Gasteiger partial charge in [-0.2, -0.15) is 0 Å². The van der Waals surface area contributed by atoms with Crippen LogP contribution in [0.15, 0.2) is 36.4 Å². The molecule has 0 unspecified atom stereocenters. The number of piperazine rings is 1. The molecule has 1 saturated heterocycles. The lowest BCUT2D eigenvalue weighted by Gasteiger charge is -2.37. The molecule has 120 valence electrons. The Bertz CT molecular complexity index is 478. The number of likely N-dealkylation sites (N-methyl/N-ethyl adjacent to an activating group) is 1. The number of carbonyl (C=O) groups excluding carboxylic acids is 1. The SMILES string of the molecule is CCNC(=O)[C@@H](C)N1CCN(C/C=C/c2ccccc2)CC1. The first-order valence-corrected chi connectivity index (χ1v) is 8.16. The lowest BCUT2D eigenvalue weighted by atomic mass is 10.2. The molecule has 0 spiro atoms. The molecule has 1 fully saturated rings. The van der Waals surface area contributed by atoms with E-state index in [1.165, 1.54) is 5.56 Å². The van der Waals surface area contributed by atoms with Crippen LogP contribution in [-0.4, -0.2) is 61.0 Å². The summed E-state index contributed by atoms with van der Waals surface area (Å²) in [4.78, 5) is 16.6. The number of carbonyl (C=O) groups is 1. The zero-order valence-corrected chi connectivity index (χ0v) is 13.7. The number of rotatable bonds is 6. The fraction of sp³-hybridized carbons (Fsp3) is 0.500. The van der Waals surface area contributed by atoms with Gasteiger partial charge < -0.3 is 5.32 Å². The van der Waals surface area contributed by atoms with Crippen LogP contribution in [0.5, 0.6) is 0 Å². The molecule has 0 saturated carbocycles. The van der Waals surface area contributed by atoms with Crippen LogP contribution in [0.2, 0.25) is 0 Å². The van der Waals surface area contributed by atoms with Crippen molar-refractivity contribution < 1.29 is 4.79 Å². The first-order chi connectivity index (χ1) is 10.7. The van der Waals surface area contributed by atoms with Crippen LogP contribution in [0, 0.1) is 0 Å². The minimum absolute atomic E-state index is 0.0260. The minimum atomic E-state index is -0.0260. The molecule has 22 heavy (non-hydrogen) atoms. The molecule has 1 aromatic carbocycles. The van der Waals surface area contributed by atoms with Gasteiger partial charge in [0.1, 0.15) is 0 Å². The van der Waals surface area contributed by atoms with Crippen LogP contribution in [0.3, 0.4) is 0 Å². The average Bonchev–Trinajstić information content (AvgIpc) is 2.56. The van der Waals surface area contributed by atoms with Gasteiger partial charge in [-0.3, -0.25) is 14.6 Å². The third-order valence-corrected chi connectivity index (χ3v) is 4.16. The van der Waals surface area contributed by atoms with Gasteiger partial charge in [0.2, 0.25) is 5.91 Å². The minimum Gasteiger partial charge on any atom is -0.355 e. The van der Waals surface area contributed by atoms with Gasteiger partial charge in [-0.1, -0.05) is 42.5 Å². The lowest BCUT2D eigenvalue weighted by Crippen LogP contribution is -2.53. The van der Waals surface area contributed by atoms with E-state index in [1.54, 1.807) is 0 Å². The van der Waals surface area contributed by atoms with Gasteiger partial charge in [0.25, 0.3) is 0 Å². The molecule has 1 amide bonds. The maximum Gasteiger partial charge on any atom is 0.237 e. The van der Waals surface area contributed by atoms with E-state index in [2.05, 4.69) is 51.5 Å². The Hall–Kier alpha value is -1.65. The Balaban J connectivity index is 1.73. The van der Waals surface area contributed by atoms with Gasteiger partial charge in [0, 0.05) is 39.3 Å². The highest BCUT2D eigenvalue weighted by Crippen LogP contribution is 2.07. The largest absolute Gasteiger partial charge is 0.355 e. The Morgan fingerprint density at radius 3 is 2.55 bits per heavy atom. The number of hydrogen-bond acceptors (Lipinski definition) is 3. The van der Waals surface area contributed by atoms with Crippen molar-refractivity contribution >= 4 is 12.0 Å². The standard InChI is InChI=1S/C18H27N3O/c1-3-19-18(22)16(2)21-14-12-20(13-15-21)11-7-10-17-8-5-4-6-9-17/h4-10,16H,3,11-15H2,1-2H3,(H,19,22)/b10-7+/t16-/m1/s1. The third kappa shape index (κ3) is 4.97. The highest BCUT2D eigenvalue weighted by atomic mass is 16.2. The zero-order valence-electron chi connectivity index (χ0n) is 13.7. The first-order valence-electron chi connectivity index (χ1n) is 8.16. The van der Waals surface area contributed by atoms with Gasteiger partial charge in [0.05, 0.1) is 6.04 Å². The van der Waals surface area contributed by atoms with Gasteiger partial charge in [-0.15, -0.1) is 0 Å². The van der Waals surface area contributed by atoms with E-state index in [0.717, 1.165) is 32.7 Å². The summed E-state index contributed by atoms with van der Waals surface area (Å²) >= 11 is 0. The maximum absolute atomic E-state index is 11.9. The van der Waals surface area contributed by atoms with Crippen molar-refractivity contribution in [2.75, 3.05) is 39.3 Å². The van der Waals surface area contributed by atoms with Gasteiger partial charge in [-0.25, -0.2) is 0 Å². The van der Waals surface area contributed by atoms with E-state index in [0.29, 0.717) is 6.54 Å². The van der Waals surface area contributed by atoms with Crippen molar-refractivity contribution in [2.45, 2.75) is 19.9 Å². The van der Waals surface area contributed by atoms with Crippen molar-refractivity contribution in [1.82, 2.24) is 15.1 Å². The quantitative estimate of drug-likeness (QED) is 0.871. The molecule has 1 heterocycles. The van der Waals surface area contributed by atoms with E-state index in [9.17, 15) is 4.79 Å². The summed E-state index contributed by atoms with van der Waals surface area (Å²) in [5.41, 5.74) is 1.24. The molecule has 4 heteroatoms. The highest BCUT2D eigenvalue weighted by molar-refractivity contribution is 5.81. The molecule has 0 radical (unpaired) electrons. The van der Waals surface area contributed by atoms with Crippen molar-refractivity contribution in [1.29, 1.82) is 0 Å². The van der Waals surface area contributed by atoms with Gasteiger partial charge >= 0.3 is 0 Å². The molecule has 1 atom stereocenters. The zero-order chi connectivity index (χ0) is 15.8. The summed E-state index contributed by atoms with van der Waals surface area (Å²) < 4.78 is 0. The molecular weight excluding hydrogens is 274 g/mol. The second kappa shape index (κ2) is 8.71. The molecule has 1 aromatic rings. The fourth-order valence-corrected chi connectivity index (χ4v) is 2.72. The smallest absolute Gasteiger partial charge is 0.237 e. The topological polar surface area (TPSA) is 35.6 Å².